The summed E-state index contributed by atoms with van der Waals surface area (Å²) in [6, 6.07) is 1.80. The summed E-state index contributed by atoms with van der Waals surface area (Å²) in [6.07, 6.45) is 5.60. The number of nitrogens with zero attached hydrogens (tertiary/aromatic N) is 2. The van der Waals surface area contributed by atoms with Gasteiger partial charge in [-0.3, -0.25) is 4.99 Å². The largest absolute Gasteiger partial charge is 0.495 e. The third-order valence-electron chi connectivity index (χ3n) is 2.74. The molecule has 0 amide bonds. The Labute approximate surface area is 122 Å². The molecule has 0 aliphatic carbocycles. The van der Waals surface area contributed by atoms with Crippen LogP contribution in [0.2, 0.25) is 10.0 Å². The predicted octanol–water partition coefficient (Wildman–Crippen LogP) is 3.37. The molecule has 0 saturated heterocycles. The highest BCUT2D eigenvalue weighted by Crippen LogP contribution is 2.42. The number of halogens is 2. The second kappa shape index (κ2) is 6.17. The molecule has 0 aromatic heterocycles. The summed E-state index contributed by atoms with van der Waals surface area (Å²) in [5.74, 6) is 1.00. The van der Waals surface area contributed by atoms with Gasteiger partial charge in [0.25, 0.3) is 0 Å². The maximum absolute atomic E-state index is 6.24. The molecule has 1 aromatic rings. The molecule has 1 aromatic carbocycles. The van der Waals surface area contributed by atoms with Crippen molar-refractivity contribution in [2.45, 2.75) is 6.54 Å². The molecule has 0 radical (unpaired) electrons. The van der Waals surface area contributed by atoms with Crippen LogP contribution in [0.1, 0.15) is 5.56 Å². The number of aliphatic imine (C=N–C) groups is 1. The SMILES string of the molecule is COc1c(Cl)cc(CN2C=CC=NC2)c(OC)c1Cl. The average molecular weight is 301 g/mol. The summed E-state index contributed by atoms with van der Waals surface area (Å²) in [5.41, 5.74) is 0.889. The van der Waals surface area contributed by atoms with E-state index in [9.17, 15) is 0 Å². The summed E-state index contributed by atoms with van der Waals surface area (Å²) in [4.78, 5) is 6.20. The second-order valence-electron chi connectivity index (χ2n) is 3.96. The van der Waals surface area contributed by atoms with E-state index in [-0.39, 0.29) is 0 Å². The fraction of sp³-hybridized carbons (Fsp3) is 0.308. The normalized spacial score (nSPS) is 13.8. The fourth-order valence-electron chi connectivity index (χ4n) is 1.90. The van der Waals surface area contributed by atoms with Crippen molar-refractivity contribution in [3.8, 4) is 11.5 Å². The molecule has 0 atom stereocenters. The van der Waals surface area contributed by atoms with Crippen LogP contribution in [0.3, 0.4) is 0 Å². The van der Waals surface area contributed by atoms with Crippen molar-refractivity contribution in [3.63, 3.8) is 0 Å². The Morgan fingerprint density at radius 1 is 1.26 bits per heavy atom. The molecule has 1 heterocycles. The number of allylic oxidation sites excluding steroid dienone is 1. The molecule has 19 heavy (non-hydrogen) atoms. The molecule has 0 saturated carbocycles. The summed E-state index contributed by atoms with van der Waals surface area (Å²) in [7, 11) is 3.09. The molecule has 1 aliphatic rings. The van der Waals surface area contributed by atoms with Gasteiger partial charge in [-0.1, -0.05) is 23.2 Å². The molecule has 1 aliphatic heterocycles. The van der Waals surface area contributed by atoms with Crippen molar-refractivity contribution >= 4 is 29.4 Å². The Kier molecular flexibility index (Phi) is 4.56. The van der Waals surface area contributed by atoms with Gasteiger partial charge in [-0.05, 0) is 12.1 Å². The Bertz CT molecular complexity index is 530. The highest BCUT2D eigenvalue weighted by molar-refractivity contribution is 6.38. The van der Waals surface area contributed by atoms with Crippen LogP contribution in [0.15, 0.2) is 23.3 Å². The van der Waals surface area contributed by atoms with Crippen molar-refractivity contribution < 1.29 is 9.47 Å². The van der Waals surface area contributed by atoms with Crippen LogP contribution in [0.5, 0.6) is 11.5 Å². The van der Waals surface area contributed by atoms with E-state index in [2.05, 4.69) is 4.99 Å². The van der Waals surface area contributed by atoms with Crippen LogP contribution in [0.4, 0.5) is 0 Å². The van der Waals surface area contributed by atoms with Crippen molar-refractivity contribution in [2.75, 3.05) is 20.9 Å². The fourth-order valence-corrected chi connectivity index (χ4v) is 2.63. The standard InChI is InChI=1S/C13H14Cl2N2O2/c1-18-12-9(7-17-5-3-4-16-8-17)6-10(14)13(19-2)11(12)15/h3-6H,7-8H2,1-2H3. The van der Waals surface area contributed by atoms with Crippen molar-refractivity contribution in [1.29, 1.82) is 0 Å². The monoisotopic (exact) mass is 300 g/mol. The molecule has 0 unspecified atom stereocenters. The van der Waals surface area contributed by atoms with Gasteiger partial charge in [0, 0.05) is 24.5 Å². The molecule has 6 heteroatoms. The van der Waals surface area contributed by atoms with Crippen molar-refractivity contribution in [3.05, 3.63) is 34.0 Å². The second-order valence-corrected chi connectivity index (χ2v) is 4.74. The molecule has 0 bridgehead atoms. The van der Waals surface area contributed by atoms with E-state index < -0.39 is 0 Å². The average Bonchev–Trinajstić information content (AvgIpc) is 2.40. The van der Waals surface area contributed by atoms with Crippen LogP contribution in [-0.4, -0.2) is 32.0 Å². The molecule has 0 fully saturated rings. The highest BCUT2D eigenvalue weighted by Gasteiger charge is 2.18. The van der Waals surface area contributed by atoms with Crippen LogP contribution in [0.25, 0.3) is 0 Å². The first-order valence-electron chi connectivity index (χ1n) is 5.67. The smallest absolute Gasteiger partial charge is 0.159 e. The number of hydrogen-bond donors (Lipinski definition) is 0. The van der Waals surface area contributed by atoms with E-state index in [0.29, 0.717) is 34.8 Å². The molecule has 102 valence electrons. The maximum atomic E-state index is 6.24. The van der Waals surface area contributed by atoms with Gasteiger partial charge in [-0.25, -0.2) is 0 Å². The van der Waals surface area contributed by atoms with Gasteiger partial charge in [0.1, 0.15) is 17.4 Å². The minimum absolute atomic E-state index is 0.386. The zero-order valence-corrected chi connectivity index (χ0v) is 12.2. The lowest BCUT2D eigenvalue weighted by Gasteiger charge is -2.22. The Hall–Kier alpha value is -1.39. The topological polar surface area (TPSA) is 34.1 Å². The predicted molar refractivity (Wildman–Crippen MR) is 77.6 cm³/mol. The Morgan fingerprint density at radius 2 is 2.00 bits per heavy atom. The minimum atomic E-state index is 0.386. The number of benzene rings is 1. The van der Waals surface area contributed by atoms with E-state index in [1.54, 1.807) is 19.4 Å². The third-order valence-corrected chi connectivity index (χ3v) is 3.37. The van der Waals surface area contributed by atoms with Crippen LogP contribution in [0, 0.1) is 0 Å². The zero-order chi connectivity index (χ0) is 13.8. The van der Waals surface area contributed by atoms with Gasteiger partial charge in [0.2, 0.25) is 0 Å². The van der Waals surface area contributed by atoms with Crippen molar-refractivity contribution in [1.82, 2.24) is 4.90 Å². The maximum Gasteiger partial charge on any atom is 0.159 e. The van der Waals surface area contributed by atoms with E-state index in [0.717, 1.165) is 5.56 Å². The minimum Gasteiger partial charge on any atom is -0.495 e. The summed E-state index contributed by atoms with van der Waals surface area (Å²) in [5, 5.41) is 0.852. The lowest BCUT2D eigenvalue weighted by Crippen LogP contribution is -2.19. The molecular formula is C13H14Cl2N2O2. The van der Waals surface area contributed by atoms with Gasteiger partial charge in [-0.15, -0.1) is 0 Å². The molecule has 0 spiro atoms. The number of hydrogen-bond acceptors (Lipinski definition) is 4. The first-order chi connectivity index (χ1) is 9.17. The number of ether oxygens (including phenoxy) is 2. The zero-order valence-electron chi connectivity index (χ0n) is 10.7. The first kappa shape index (κ1) is 14.0. The van der Waals surface area contributed by atoms with E-state index >= 15 is 0 Å². The third kappa shape index (κ3) is 2.96. The highest BCUT2D eigenvalue weighted by atomic mass is 35.5. The van der Waals surface area contributed by atoms with Crippen molar-refractivity contribution in [2.24, 2.45) is 4.99 Å². The molecule has 2 rings (SSSR count). The van der Waals surface area contributed by atoms with Gasteiger partial charge < -0.3 is 14.4 Å². The lowest BCUT2D eigenvalue weighted by atomic mass is 10.1. The summed E-state index contributed by atoms with van der Waals surface area (Å²) >= 11 is 12.4. The quantitative estimate of drug-likeness (QED) is 0.855. The van der Waals surface area contributed by atoms with E-state index in [1.807, 2.05) is 17.2 Å². The van der Waals surface area contributed by atoms with Crippen LogP contribution >= 0.6 is 23.2 Å². The summed E-state index contributed by atoms with van der Waals surface area (Å²) < 4.78 is 10.5. The van der Waals surface area contributed by atoms with Gasteiger partial charge >= 0.3 is 0 Å². The van der Waals surface area contributed by atoms with Crippen LogP contribution in [-0.2, 0) is 6.54 Å². The van der Waals surface area contributed by atoms with Gasteiger partial charge in [-0.2, -0.15) is 0 Å². The van der Waals surface area contributed by atoms with Gasteiger partial charge in [0.05, 0.1) is 19.2 Å². The first-order valence-corrected chi connectivity index (χ1v) is 6.42. The van der Waals surface area contributed by atoms with Crippen LogP contribution < -0.4 is 9.47 Å². The summed E-state index contributed by atoms with van der Waals surface area (Å²) in [6.45, 7) is 1.21. The molecular weight excluding hydrogens is 287 g/mol. The van der Waals surface area contributed by atoms with Gasteiger partial charge in [0.15, 0.2) is 5.75 Å². The molecule has 0 N–H and O–H groups in total. The lowest BCUT2D eigenvalue weighted by molar-refractivity contribution is 0.355. The Balaban J connectivity index is 2.34. The molecule has 4 nitrogen and oxygen atoms in total. The number of methoxy groups -OCH3 is 2. The Morgan fingerprint density at radius 3 is 2.58 bits per heavy atom. The van der Waals surface area contributed by atoms with E-state index in [1.165, 1.54) is 7.11 Å². The number of rotatable bonds is 4. The van der Waals surface area contributed by atoms with E-state index in [4.69, 9.17) is 32.7 Å².